The Balaban J connectivity index is 1.79. The van der Waals surface area contributed by atoms with E-state index in [4.69, 9.17) is 4.74 Å². The molecule has 0 saturated carbocycles. The first kappa shape index (κ1) is 13.7. The molecule has 17 heavy (non-hydrogen) atoms. The van der Waals surface area contributed by atoms with E-state index in [2.05, 4.69) is 42.7 Å². The van der Waals surface area contributed by atoms with Gasteiger partial charge in [0, 0.05) is 42.2 Å². The molecule has 0 aliphatic carbocycles. The van der Waals surface area contributed by atoms with Gasteiger partial charge in [-0.1, -0.05) is 13.8 Å². The standard InChI is InChI=1S/C13H26N2OS/c1-10(6-13-9-16-5-4-14-13)15-7-11(2)17-12(3)8-15/h10-14H,4-9H2,1-3H3. The highest BCUT2D eigenvalue weighted by atomic mass is 32.2. The molecule has 0 radical (unpaired) electrons. The summed E-state index contributed by atoms with van der Waals surface area (Å²) in [5, 5.41) is 5.10. The maximum Gasteiger partial charge on any atom is 0.0620 e. The monoisotopic (exact) mass is 258 g/mol. The minimum atomic E-state index is 0.555. The number of nitrogens with one attached hydrogen (secondary N) is 1. The van der Waals surface area contributed by atoms with Gasteiger partial charge in [-0.2, -0.15) is 11.8 Å². The van der Waals surface area contributed by atoms with Crippen molar-refractivity contribution in [2.75, 3.05) is 32.8 Å². The average molecular weight is 258 g/mol. The van der Waals surface area contributed by atoms with Crippen LogP contribution in [-0.4, -0.2) is 60.3 Å². The van der Waals surface area contributed by atoms with Crippen LogP contribution in [0.4, 0.5) is 0 Å². The third kappa shape index (κ3) is 4.12. The van der Waals surface area contributed by atoms with Gasteiger partial charge in [0.1, 0.15) is 0 Å². The average Bonchev–Trinajstić information content (AvgIpc) is 2.29. The molecular formula is C13H26N2OS. The van der Waals surface area contributed by atoms with Gasteiger partial charge in [0.05, 0.1) is 13.2 Å². The number of thioether (sulfide) groups is 1. The lowest BCUT2D eigenvalue weighted by atomic mass is 10.1. The molecule has 2 aliphatic rings. The first-order valence-corrected chi connectivity index (χ1v) is 7.80. The van der Waals surface area contributed by atoms with Crippen LogP contribution in [0.3, 0.4) is 0 Å². The summed E-state index contributed by atoms with van der Waals surface area (Å²) in [6.45, 7) is 12.3. The second-order valence-corrected chi connectivity index (χ2v) is 7.40. The molecule has 2 aliphatic heterocycles. The van der Waals surface area contributed by atoms with Crippen molar-refractivity contribution < 1.29 is 4.74 Å². The van der Waals surface area contributed by atoms with E-state index in [0.29, 0.717) is 12.1 Å². The van der Waals surface area contributed by atoms with E-state index in [1.807, 2.05) is 0 Å². The Morgan fingerprint density at radius 3 is 2.65 bits per heavy atom. The Hall–Kier alpha value is 0.230. The number of ether oxygens (including phenoxy) is 1. The Morgan fingerprint density at radius 2 is 2.06 bits per heavy atom. The molecule has 0 aromatic rings. The second-order valence-electron chi connectivity index (χ2n) is 5.52. The molecule has 2 saturated heterocycles. The van der Waals surface area contributed by atoms with Gasteiger partial charge in [0.2, 0.25) is 0 Å². The van der Waals surface area contributed by atoms with Crippen LogP contribution in [-0.2, 0) is 4.74 Å². The SMILES string of the molecule is CC1CN(C(C)CC2COCCN2)CC(C)S1. The lowest BCUT2D eigenvalue weighted by Crippen LogP contribution is -2.49. The summed E-state index contributed by atoms with van der Waals surface area (Å²) in [4.78, 5) is 2.65. The van der Waals surface area contributed by atoms with Crippen LogP contribution >= 0.6 is 11.8 Å². The molecule has 0 spiro atoms. The zero-order valence-electron chi connectivity index (χ0n) is 11.3. The van der Waals surface area contributed by atoms with Crippen LogP contribution in [0, 0.1) is 0 Å². The molecule has 1 N–H and O–H groups in total. The maximum atomic E-state index is 5.53. The van der Waals surface area contributed by atoms with Crippen molar-refractivity contribution in [1.29, 1.82) is 0 Å². The van der Waals surface area contributed by atoms with E-state index in [1.165, 1.54) is 19.5 Å². The molecule has 4 atom stereocenters. The second kappa shape index (κ2) is 6.41. The van der Waals surface area contributed by atoms with Crippen molar-refractivity contribution in [2.24, 2.45) is 0 Å². The molecule has 2 fully saturated rings. The van der Waals surface area contributed by atoms with E-state index in [0.717, 1.165) is 30.3 Å². The minimum absolute atomic E-state index is 0.555. The normalized spacial score (nSPS) is 37.9. The number of morpholine rings is 1. The van der Waals surface area contributed by atoms with Crippen molar-refractivity contribution in [2.45, 2.75) is 49.8 Å². The van der Waals surface area contributed by atoms with Gasteiger partial charge < -0.3 is 10.1 Å². The lowest BCUT2D eigenvalue weighted by Gasteiger charge is -2.40. The topological polar surface area (TPSA) is 24.5 Å². The van der Waals surface area contributed by atoms with E-state index in [-0.39, 0.29) is 0 Å². The highest BCUT2D eigenvalue weighted by molar-refractivity contribution is 8.00. The van der Waals surface area contributed by atoms with Crippen molar-refractivity contribution in [1.82, 2.24) is 10.2 Å². The molecule has 100 valence electrons. The summed E-state index contributed by atoms with van der Waals surface area (Å²) in [7, 11) is 0. The largest absolute Gasteiger partial charge is 0.379 e. The van der Waals surface area contributed by atoms with Gasteiger partial charge in [0.15, 0.2) is 0 Å². The highest BCUT2D eigenvalue weighted by Crippen LogP contribution is 2.26. The van der Waals surface area contributed by atoms with Gasteiger partial charge in [-0.05, 0) is 13.3 Å². The molecule has 4 unspecified atom stereocenters. The molecule has 0 amide bonds. The quantitative estimate of drug-likeness (QED) is 0.831. The molecule has 0 bridgehead atoms. The van der Waals surface area contributed by atoms with Crippen LogP contribution < -0.4 is 5.32 Å². The molecule has 0 aromatic carbocycles. The summed E-state index contributed by atoms with van der Waals surface area (Å²) in [5.41, 5.74) is 0. The molecule has 4 heteroatoms. The smallest absolute Gasteiger partial charge is 0.0620 e. The first-order chi connectivity index (χ1) is 8.15. The van der Waals surface area contributed by atoms with Crippen LogP contribution in [0.15, 0.2) is 0 Å². The summed E-state index contributed by atoms with van der Waals surface area (Å²) >= 11 is 2.13. The molecule has 3 nitrogen and oxygen atoms in total. The Labute approximate surface area is 110 Å². The van der Waals surface area contributed by atoms with Gasteiger partial charge in [0.25, 0.3) is 0 Å². The van der Waals surface area contributed by atoms with E-state index >= 15 is 0 Å². The fraction of sp³-hybridized carbons (Fsp3) is 1.00. The third-order valence-corrected chi connectivity index (χ3v) is 4.92. The van der Waals surface area contributed by atoms with Crippen molar-refractivity contribution in [3.05, 3.63) is 0 Å². The van der Waals surface area contributed by atoms with Crippen molar-refractivity contribution in [3.63, 3.8) is 0 Å². The van der Waals surface area contributed by atoms with Gasteiger partial charge >= 0.3 is 0 Å². The number of hydrogen-bond acceptors (Lipinski definition) is 4. The van der Waals surface area contributed by atoms with Gasteiger partial charge in [-0.3, -0.25) is 4.90 Å². The zero-order chi connectivity index (χ0) is 12.3. The minimum Gasteiger partial charge on any atom is -0.379 e. The van der Waals surface area contributed by atoms with Crippen molar-refractivity contribution in [3.8, 4) is 0 Å². The van der Waals surface area contributed by atoms with Crippen LogP contribution in [0.25, 0.3) is 0 Å². The molecule has 0 aromatic heterocycles. The van der Waals surface area contributed by atoms with E-state index in [9.17, 15) is 0 Å². The van der Waals surface area contributed by atoms with E-state index in [1.54, 1.807) is 0 Å². The maximum absolute atomic E-state index is 5.53. The summed E-state index contributed by atoms with van der Waals surface area (Å²) < 4.78 is 5.53. The Morgan fingerprint density at radius 1 is 1.35 bits per heavy atom. The molecule has 2 heterocycles. The van der Waals surface area contributed by atoms with Crippen LogP contribution in [0.2, 0.25) is 0 Å². The van der Waals surface area contributed by atoms with Crippen LogP contribution in [0.5, 0.6) is 0 Å². The first-order valence-electron chi connectivity index (χ1n) is 6.85. The fourth-order valence-electron chi connectivity index (χ4n) is 2.91. The fourth-order valence-corrected chi connectivity index (χ4v) is 4.26. The van der Waals surface area contributed by atoms with Crippen LogP contribution in [0.1, 0.15) is 27.2 Å². The van der Waals surface area contributed by atoms with E-state index < -0.39 is 0 Å². The summed E-state index contributed by atoms with van der Waals surface area (Å²) in [6.07, 6.45) is 1.21. The van der Waals surface area contributed by atoms with Gasteiger partial charge in [-0.15, -0.1) is 0 Å². The predicted octanol–water partition coefficient (Wildman–Crippen LogP) is 1.58. The Bertz CT molecular complexity index is 223. The molecule has 2 rings (SSSR count). The third-order valence-electron chi connectivity index (χ3n) is 3.70. The zero-order valence-corrected chi connectivity index (χ0v) is 12.1. The Kier molecular flexibility index (Phi) is 5.15. The van der Waals surface area contributed by atoms with Crippen molar-refractivity contribution >= 4 is 11.8 Å². The molecular weight excluding hydrogens is 232 g/mol. The number of hydrogen-bond donors (Lipinski definition) is 1. The number of nitrogens with zero attached hydrogens (tertiary/aromatic N) is 1. The van der Waals surface area contributed by atoms with Gasteiger partial charge in [-0.25, -0.2) is 0 Å². The lowest BCUT2D eigenvalue weighted by molar-refractivity contribution is 0.0616. The summed E-state index contributed by atoms with van der Waals surface area (Å²) in [6, 6.07) is 1.22. The summed E-state index contributed by atoms with van der Waals surface area (Å²) in [5.74, 6) is 0. The predicted molar refractivity (Wildman–Crippen MR) is 74.8 cm³/mol. The highest BCUT2D eigenvalue weighted by Gasteiger charge is 2.27. The number of rotatable bonds is 3.